The summed E-state index contributed by atoms with van der Waals surface area (Å²) in [4.78, 5) is 2.46. The lowest BCUT2D eigenvalue weighted by molar-refractivity contribution is 0.975. The topological polar surface area (TPSA) is 3.24 Å². The van der Waals surface area contributed by atoms with E-state index in [0.717, 1.165) is 6.42 Å². The van der Waals surface area contributed by atoms with Gasteiger partial charge in [0.1, 0.15) is 0 Å². The minimum atomic E-state index is 1.07. The Bertz CT molecular complexity index is 771. The molecule has 0 saturated carbocycles. The van der Waals surface area contributed by atoms with Crippen molar-refractivity contribution in [1.82, 2.24) is 0 Å². The second-order valence-electron chi connectivity index (χ2n) is 7.39. The van der Waals surface area contributed by atoms with Crippen molar-refractivity contribution in [3.8, 4) is 0 Å². The number of fused-ring (bicyclic) bond motifs is 2. The highest BCUT2D eigenvalue weighted by Crippen LogP contribution is 2.47. The minimum Gasteiger partial charge on any atom is -0.344 e. The summed E-state index contributed by atoms with van der Waals surface area (Å²) in [6.45, 7) is 18.2. The van der Waals surface area contributed by atoms with Crippen molar-refractivity contribution in [3.05, 3.63) is 55.6 Å². The van der Waals surface area contributed by atoms with Gasteiger partial charge in [0.25, 0.3) is 0 Å². The van der Waals surface area contributed by atoms with Gasteiger partial charge in [0.2, 0.25) is 0 Å². The molecule has 0 atom stereocenters. The van der Waals surface area contributed by atoms with Gasteiger partial charge in [0, 0.05) is 24.8 Å². The van der Waals surface area contributed by atoms with E-state index in [-0.39, 0.29) is 0 Å². The highest BCUT2D eigenvalue weighted by Gasteiger charge is 2.29. The first-order chi connectivity index (χ1) is 10.7. The van der Waals surface area contributed by atoms with E-state index in [2.05, 4.69) is 67.3 Å². The zero-order valence-electron chi connectivity index (χ0n) is 16.2. The van der Waals surface area contributed by atoms with Crippen molar-refractivity contribution < 1.29 is 0 Å². The van der Waals surface area contributed by atoms with Crippen LogP contribution in [0.15, 0.2) is 0 Å². The van der Waals surface area contributed by atoms with Gasteiger partial charge in [-0.2, -0.15) is 0 Å². The minimum absolute atomic E-state index is 1.07. The fourth-order valence-electron chi connectivity index (χ4n) is 4.37. The van der Waals surface area contributed by atoms with Gasteiger partial charge < -0.3 is 4.90 Å². The summed E-state index contributed by atoms with van der Waals surface area (Å²) in [7, 11) is 2.25. The molecule has 1 heterocycles. The van der Waals surface area contributed by atoms with Gasteiger partial charge in [0.05, 0.1) is 0 Å². The quantitative estimate of drug-likeness (QED) is 0.592. The SMILES string of the molecule is Cc1c(C)c(C)c2c(c1C)Cc1c(C)c(C)c(C)c(C)c1N2C. The molecule has 0 fully saturated rings. The van der Waals surface area contributed by atoms with E-state index in [4.69, 9.17) is 0 Å². The fraction of sp³-hybridized carbons (Fsp3) is 0.455. The molecule has 0 aromatic heterocycles. The number of hydrogen-bond donors (Lipinski definition) is 0. The van der Waals surface area contributed by atoms with Crippen molar-refractivity contribution in [3.63, 3.8) is 0 Å². The monoisotopic (exact) mass is 307 g/mol. The Balaban J connectivity index is 2.40. The van der Waals surface area contributed by atoms with Crippen molar-refractivity contribution >= 4 is 11.4 Å². The lowest BCUT2D eigenvalue weighted by Crippen LogP contribution is -2.24. The molecule has 0 bridgehead atoms. The number of rotatable bonds is 0. The molecule has 0 amide bonds. The fourth-order valence-corrected chi connectivity index (χ4v) is 4.37. The average Bonchev–Trinajstić information content (AvgIpc) is 2.53. The normalized spacial score (nSPS) is 13.2. The van der Waals surface area contributed by atoms with Gasteiger partial charge in [-0.3, -0.25) is 0 Å². The second kappa shape index (κ2) is 5.12. The van der Waals surface area contributed by atoms with Gasteiger partial charge in [-0.05, 0) is 111 Å². The van der Waals surface area contributed by atoms with Crippen LogP contribution in [-0.4, -0.2) is 7.05 Å². The molecular formula is C22H29N. The molecule has 1 heteroatoms. The van der Waals surface area contributed by atoms with E-state index >= 15 is 0 Å². The standard InChI is InChI=1S/C22H29N/c1-11-13(3)17(7)21-19(15(11)5)10-20-16(6)12(2)14(4)18(8)22(20)23(21)9/h10H2,1-9H3. The first kappa shape index (κ1) is 16.1. The first-order valence-corrected chi connectivity index (χ1v) is 8.60. The van der Waals surface area contributed by atoms with Crippen molar-refractivity contribution in [2.24, 2.45) is 0 Å². The average molecular weight is 307 g/mol. The van der Waals surface area contributed by atoms with Gasteiger partial charge >= 0.3 is 0 Å². The number of hydrogen-bond acceptors (Lipinski definition) is 1. The van der Waals surface area contributed by atoms with Gasteiger partial charge in [-0.1, -0.05) is 0 Å². The highest BCUT2D eigenvalue weighted by molar-refractivity contribution is 5.82. The summed E-state index contributed by atoms with van der Waals surface area (Å²) in [6, 6.07) is 0. The molecule has 0 aliphatic carbocycles. The molecule has 3 rings (SSSR count). The predicted octanol–water partition coefficient (Wildman–Crippen LogP) is 5.83. The van der Waals surface area contributed by atoms with E-state index in [0.29, 0.717) is 0 Å². The van der Waals surface area contributed by atoms with E-state index < -0.39 is 0 Å². The molecule has 122 valence electrons. The van der Waals surface area contributed by atoms with Crippen LogP contribution in [0.2, 0.25) is 0 Å². The Hall–Kier alpha value is -1.76. The van der Waals surface area contributed by atoms with E-state index in [1.165, 1.54) is 67.0 Å². The molecule has 2 aromatic carbocycles. The van der Waals surface area contributed by atoms with Crippen LogP contribution in [-0.2, 0) is 6.42 Å². The Morgan fingerprint density at radius 2 is 0.783 bits per heavy atom. The van der Waals surface area contributed by atoms with Crippen molar-refractivity contribution in [2.45, 2.75) is 61.8 Å². The molecule has 0 unspecified atom stereocenters. The number of benzene rings is 2. The van der Waals surface area contributed by atoms with Crippen LogP contribution in [0.25, 0.3) is 0 Å². The summed E-state index contributed by atoms with van der Waals surface area (Å²) in [5.74, 6) is 0. The summed E-state index contributed by atoms with van der Waals surface area (Å²) in [6.07, 6.45) is 1.07. The summed E-state index contributed by atoms with van der Waals surface area (Å²) >= 11 is 0. The Kier molecular flexibility index (Phi) is 3.59. The molecule has 0 saturated heterocycles. The van der Waals surface area contributed by atoms with E-state index in [9.17, 15) is 0 Å². The molecule has 1 aliphatic heterocycles. The largest absolute Gasteiger partial charge is 0.344 e. The van der Waals surface area contributed by atoms with Gasteiger partial charge in [-0.25, -0.2) is 0 Å². The molecule has 2 aromatic rings. The Morgan fingerprint density at radius 1 is 0.478 bits per heavy atom. The summed E-state index contributed by atoms with van der Waals surface area (Å²) in [5.41, 5.74) is 17.5. The Morgan fingerprint density at radius 3 is 1.13 bits per heavy atom. The smallest absolute Gasteiger partial charge is 0.0479 e. The molecule has 0 radical (unpaired) electrons. The van der Waals surface area contributed by atoms with Crippen LogP contribution >= 0.6 is 0 Å². The van der Waals surface area contributed by atoms with Crippen LogP contribution in [0, 0.1) is 55.4 Å². The molecule has 1 aliphatic rings. The van der Waals surface area contributed by atoms with E-state index in [1.807, 2.05) is 0 Å². The lowest BCUT2D eigenvalue weighted by Gasteiger charge is -2.37. The highest BCUT2D eigenvalue weighted by atomic mass is 15.1. The maximum absolute atomic E-state index is 2.46. The lowest BCUT2D eigenvalue weighted by atomic mass is 9.81. The molecule has 0 N–H and O–H groups in total. The van der Waals surface area contributed by atoms with Crippen LogP contribution in [0.3, 0.4) is 0 Å². The third kappa shape index (κ3) is 1.99. The van der Waals surface area contributed by atoms with E-state index in [1.54, 1.807) is 0 Å². The maximum atomic E-state index is 2.46. The summed E-state index contributed by atoms with van der Waals surface area (Å²) < 4.78 is 0. The molecule has 23 heavy (non-hydrogen) atoms. The second-order valence-corrected chi connectivity index (χ2v) is 7.39. The van der Waals surface area contributed by atoms with Crippen LogP contribution in [0.4, 0.5) is 11.4 Å². The molecule has 0 spiro atoms. The zero-order chi connectivity index (χ0) is 17.2. The van der Waals surface area contributed by atoms with Gasteiger partial charge in [-0.15, -0.1) is 0 Å². The predicted molar refractivity (Wildman–Crippen MR) is 102 cm³/mol. The molecular weight excluding hydrogens is 278 g/mol. The Labute approximate surface area is 141 Å². The van der Waals surface area contributed by atoms with Crippen molar-refractivity contribution in [2.75, 3.05) is 11.9 Å². The van der Waals surface area contributed by atoms with Crippen LogP contribution in [0.5, 0.6) is 0 Å². The van der Waals surface area contributed by atoms with Crippen LogP contribution < -0.4 is 4.90 Å². The van der Waals surface area contributed by atoms with Gasteiger partial charge in [0.15, 0.2) is 0 Å². The first-order valence-electron chi connectivity index (χ1n) is 8.60. The summed E-state index contributed by atoms with van der Waals surface area (Å²) in [5, 5.41) is 0. The zero-order valence-corrected chi connectivity index (χ0v) is 16.2. The maximum Gasteiger partial charge on any atom is 0.0479 e. The van der Waals surface area contributed by atoms with Crippen molar-refractivity contribution in [1.29, 1.82) is 0 Å². The number of nitrogens with zero attached hydrogens (tertiary/aromatic N) is 1. The molecule has 1 nitrogen and oxygen atoms in total. The third-order valence-corrected chi connectivity index (χ3v) is 6.59. The third-order valence-electron chi connectivity index (χ3n) is 6.59. The van der Waals surface area contributed by atoms with Crippen LogP contribution in [0.1, 0.15) is 55.6 Å². The number of anilines is 2.